The molecule has 0 unspecified atom stereocenters. The quantitative estimate of drug-likeness (QED) is 0.270. The van der Waals surface area contributed by atoms with E-state index in [2.05, 4.69) is 54.6 Å². The van der Waals surface area contributed by atoms with E-state index < -0.39 is 5.54 Å². The average molecular weight is 544 g/mol. The topological polar surface area (TPSA) is 88.9 Å². The van der Waals surface area contributed by atoms with E-state index in [0.29, 0.717) is 23.0 Å². The monoisotopic (exact) mass is 543 g/mol. The number of likely N-dealkylation sites (tertiary alicyclic amines) is 1. The smallest absolute Gasteiger partial charge is 0.272 e. The lowest BCUT2D eigenvalue weighted by molar-refractivity contribution is 0.255. The molecule has 1 saturated heterocycles. The number of hydrogen-bond acceptors (Lipinski definition) is 4. The van der Waals surface area contributed by atoms with Crippen molar-refractivity contribution in [3.8, 4) is 5.69 Å². The van der Waals surface area contributed by atoms with Gasteiger partial charge in [-0.25, -0.2) is 14.4 Å². The predicted molar refractivity (Wildman–Crippen MR) is 165 cm³/mol. The zero-order chi connectivity index (χ0) is 29.2. The van der Waals surface area contributed by atoms with E-state index in [4.69, 9.17) is 4.99 Å². The summed E-state index contributed by atoms with van der Waals surface area (Å²) in [5, 5.41) is 3.28. The summed E-state index contributed by atoms with van der Waals surface area (Å²) in [6, 6.07) is 9.54. The Kier molecular flexibility index (Phi) is 8.44. The minimum absolute atomic E-state index is 0.128. The van der Waals surface area contributed by atoms with Crippen molar-refractivity contribution in [1.82, 2.24) is 18.8 Å². The molecule has 0 amide bonds. The Morgan fingerprint density at radius 2 is 1.82 bits per heavy atom. The number of nitrogens with one attached hydrogen (secondary N) is 1. The number of guanidine groups is 1. The number of aromatic nitrogens is 3. The summed E-state index contributed by atoms with van der Waals surface area (Å²) in [5.74, 6) is 1.23. The fraction of sp³-hybridized carbons (Fsp3) is 0.419. The SMILES string of the molecule is C=CCn1c(=O)c(C)c(N=C(N=C)Nc2ccc(C3CCN(C)CC3)c(C)c2)n1-c1ccc(=O)n(C(C)(C)C)c1. The maximum absolute atomic E-state index is 13.3. The molecular formula is C31H41N7O2. The molecule has 0 aliphatic carbocycles. The van der Waals surface area contributed by atoms with Gasteiger partial charge < -0.3 is 14.8 Å². The second-order valence-corrected chi connectivity index (χ2v) is 11.6. The van der Waals surface area contributed by atoms with Crippen LogP contribution >= 0.6 is 0 Å². The lowest BCUT2D eigenvalue weighted by Crippen LogP contribution is -2.33. The Morgan fingerprint density at radius 3 is 2.42 bits per heavy atom. The van der Waals surface area contributed by atoms with Crippen LogP contribution in [0, 0.1) is 13.8 Å². The van der Waals surface area contributed by atoms with Gasteiger partial charge in [0.15, 0.2) is 5.82 Å². The van der Waals surface area contributed by atoms with Crippen LogP contribution in [0.25, 0.3) is 5.69 Å². The first-order valence-electron chi connectivity index (χ1n) is 13.7. The van der Waals surface area contributed by atoms with Gasteiger partial charge in [0.05, 0.1) is 17.8 Å². The Morgan fingerprint density at radius 1 is 1.12 bits per heavy atom. The van der Waals surface area contributed by atoms with E-state index in [1.54, 1.807) is 39.2 Å². The molecule has 4 rings (SSSR count). The third kappa shape index (κ3) is 5.94. The van der Waals surface area contributed by atoms with Gasteiger partial charge in [-0.05, 0) is 110 Å². The maximum atomic E-state index is 13.3. The van der Waals surface area contributed by atoms with E-state index in [1.807, 2.05) is 26.8 Å². The van der Waals surface area contributed by atoms with Crippen LogP contribution in [0.4, 0.5) is 11.5 Å². The summed E-state index contributed by atoms with van der Waals surface area (Å²) in [5.41, 5.74) is 3.75. The van der Waals surface area contributed by atoms with E-state index in [0.717, 1.165) is 31.6 Å². The lowest BCUT2D eigenvalue weighted by Gasteiger charge is -2.30. The number of hydrogen-bond donors (Lipinski definition) is 1. The molecule has 212 valence electrons. The van der Waals surface area contributed by atoms with Crippen molar-refractivity contribution in [1.29, 1.82) is 0 Å². The number of aryl methyl sites for hydroxylation is 1. The van der Waals surface area contributed by atoms with Crippen molar-refractivity contribution in [2.75, 3.05) is 25.5 Å². The molecule has 9 nitrogen and oxygen atoms in total. The van der Waals surface area contributed by atoms with E-state index in [1.165, 1.54) is 17.2 Å². The van der Waals surface area contributed by atoms with E-state index >= 15 is 0 Å². The Bertz CT molecular complexity index is 1560. The molecule has 1 aliphatic rings. The summed E-state index contributed by atoms with van der Waals surface area (Å²) < 4.78 is 4.91. The van der Waals surface area contributed by atoms with E-state index in [-0.39, 0.29) is 23.6 Å². The van der Waals surface area contributed by atoms with Crippen LogP contribution in [0.15, 0.2) is 68.8 Å². The third-order valence-electron chi connectivity index (χ3n) is 7.54. The highest BCUT2D eigenvalue weighted by atomic mass is 16.1. The van der Waals surface area contributed by atoms with Crippen molar-refractivity contribution < 1.29 is 0 Å². The molecular weight excluding hydrogens is 502 g/mol. The summed E-state index contributed by atoms with van der Waals surface area (Å²) in [7, 11) is 2.17. The van der Waals surface area contributed by atoms with Crippen molar-refractivity contribution in [3.05, 3.63) is 86.6 Å². The molecule has 3 aromatic rings. The normalized spacial score (nSPS) is 15.3. The number of allylic oxidation sites excluding steroid dienone is 1. The van der Waals surface area contributed by atoms with Gasteiger partial charge in [0.25, 0.3) is 11.1 Å². The highest BCUT2D eigenvalue weighted by Gasteiger charge is 2.22. The molecule has 0 atom stereocenters. The largest absolute Gasteiger partial charge is 0.324 e. The summed E-state index contributed by atoms with van der Waals surface area (Å²) in [4.78, 5) is 37.2. The zero-order valence-electron chi connectivity index (χ0n) is 24.6. The van der Waals surface area contributed by atoms with Crippen LogP contribution in [0.1, 0.15) is 56.2 Å². The number of pyridine rings is 1. The number of nitrogens with zero attached hydrogens (tertiary/aromatic N) is 6. The van der Waals surface area contributed by atoms with Crippen molar-refractivity contribution in [2.24, 2.45) is 9.98 Å². The minimum atomic E-state index is -0.449. The van der Waals surface area contributed by atoms with Gasteiger partial charge in [-0.2, -0.15) is 4.99 Å². The van der Waals surface area contributed by atoms with Crippen molar-refractivity contribution in [2.45, 2.75) is 65.5 Å². The fourth-order valence-corrected chi connectivity index (χ4v) is 5.32. The average Bonchev–Trinajstić information content (AvgIpc) is 3.13. The van der Waals surface area contributed by atoms with Crippen LogP contribution in [0.2, 0.25) is 0 Å². The molecule has 9 heteroatoms. The van der Waals surface area contributed by atoms with Gasteiger partial charge in [-0.3, -0.25) is 9.59 Å². The maximum Gasteiger partial charge on any atom is 0.272 e. The number of benzene rings is 1. The molecule has 3 heterocycles. The van der Waals surface area contributed by atoms with Gasteiger partial charge in [-0.15, -0.1) is 6.58 Å². The molecule has 1 N–H and O–H groups in total. The Labute approximate surface area is 236 Å². The first-order valence-corrected chi connectivity index (χ1v) is 13.7. The number of piperidine rings is 1. The van der Waals surface area contributed by atoms with Gasteiger partial charge in [0, 0.05) is 23.5 Å². The fourth-order valence-electron chi connectivity index (χ4n) is 5.32. The molecule has 2 aromatic heterocycles. The first-order chi connectivity index (χ1) is 18.9. The molecule has 0 saturated carbocycles. The summed E-state index contributed by atoms with van der Waals surface area (Å²) in [6.07, 6.45) is 5.72. The second kappa shape index (κ2) is 11.6. The summed E-state index contributed by atoms with van der Waals surface area (Å²) in [6.45, 7) is 19.8. The molecule has 1 aromatic carbocycles. The molecule has 1 aliphatic heterocycles. The third-order valence-corrected chi connectivity index (χ3v) is 7.54. The van der Waals surface area contributed by atoms with E-state index in [9.17, 15) is 9.59 Å². The molecule has 0 radical (unpaired) electrons. The van der Waals surface area contributed by atoms with Crippen LogP contribution in [-0.4, -0.2) is 51.6 Å². The predicted octanol–water partition coefficient (Wildman–Crippen LogP) is 4.97. The summed E-state index contributed by atoms with van der Waals surface area (Å²) >= 11 is 0. The standard InChI is InChI=1S/C31H41N7O2/c1-9-16-37-29(40)22(3)28(38(37)25-11-13-27(39)36(20-25)31(4,5)6)34-30(32-7)33-24-10-12-26(21(2)19-24)23-14-17-35(8)18-15-23/h9-13,19-20,23H,1,7,14-18H2,2-6,8H3,(H,33,34). The second-order valence-electron chi connectivity index (χ2n) is 11.6. The minimum Gasteiger partial charge on any atom is -0.324 e. The molecule has 0 spiro atoms. The highest BCUT2D eigenvalue weighted by molar-refractivity contribution is 5.98. The number of rotatable bonds is 6. The van der Waals surface area contributed by atoms with Crippen LogP contribution in [0.3, 0.4) is 0 Å². The number of anilines is 1. The molecule has 40 heavy (non-hydrogen) atoms. The Hall–Kier alpha value is -3.98. The molecule has 1 fully saturated rings. The van der Waals surface area contributed by atoms with Gasteiger partial charge in [0.2, 0.25) is 5.96 Å². The lowest BCUT2D eigenvalue weighted by atomic mass is 9.87. The highest BCUT2D eigenvalue weighted by Crippen LogP contribution is 2.31. The van der Waals surface area contributed by atoms with Crippen molar-refractivity contribution in [3.63, 3.8) is 0 Å². The Balaban J connectivity index is 1.75. The van der Waals surface area contributed by atoms with Crippen LogP contribution in [0.5, 0.6) is 0 Å². The zero-order valence-corrected chi connectivity index (χ0v) is 24.6. The van der Waals surface area contributed by atoms with Crippen LogP contribution in [-0.2, 0) is 12.1 Å². The van der Waals surface area contributed by atoms with Gasteiger partial charge >= 0.3 is 0 Å². The van der Waals surface area contributed by atoms with Gasteiger partial charge in [-0.1, -0.05) is 12.1 Å². The number of aliphatic imine (C=N–C) groups is 2. The first kappa shape index (κ1) is 29.0. The van der Waals surface area contributed by atoms with Crippen molar-refractivity contribution >= 4 is 24.2 Å². The van der Waals surface area contributed by atoms with Gasteiger partial charge in [0.1, 0.15) is 0 Å². The molecule has 0 bridgehead atoms. The van der Waals surface area contributed by atoms with Crippen LogP contribution < -0.4 is 16.4 Å².